The van der Waals surface area contributed by atoms with Gasteiger partial charge in [0.15, 0.2) is 12.4 Å². The molecule has 3 fully saturated rings. The maximum absolute atomic E-state index is 13.7. The van der Waals surface area contributed by atoms with Crippen LogP contribution in [0.4, 0.5) is 5.69 Å². The lowest BCUT2D eigenvalue weighted by atomic mass is 9.73. The Balaban J connectivity index is 0.977. The van der Waals surface area contributed by atoms with Gasteiger partial charge in [-0.1, -0.05) is 54.1 Å². The lowest BCUT2D eigenvalue weighted by molar-refractivity contribution is -0.123. The van der Waals surface area contributed by atoms with Crippen LogP contribution in [0.3, 0.4) is 0 Å². The van der Waals surface area contributed by atoms with Crippen molar-refractivity contribution in [1.82, 2.24) is 0 Å². The highest BCUT2D eigenvalue weighted by atomic mass is 16.5. The standard InChI is InChI=1S/C38H31NO7/c1-22-10-12-25(13-11-22)38(44)46-29-16-14-24(15-17-29)32(40)21-45-37(43)26-8-5-9-28(18-26)39-35(41)33-27-19-30(23-6-3-2-4-7-23)31(20-27)34(33)36(39)42/h2-18,27,30-31,33-34H,19-21H2,1H3. The van der Waals surface area contributed by atoms with Gasteiger partial charge in [0.2, 0.25) is 11.8 Å². The molecule has 0 N–H and O–H groups in total. The van der Waals surface area contributed by atoms with E-state index in [4.69, 9.17) is 9.47 Å². The summed E-state index contributed by atoms with van der Waals surface area (Å²) >= 11 is 0. The molecule has 8 heteroatoms. The summed E-state index contributed by atoms with van der Waals surface area (Å²) in [7, 11) is 0. The smallest absolute Gasteiger partial charge is 0.343 e. The number of hydrogen-bond donors (Lipinski definition) is 0. The van der Waals surface area contributed by atoms with Gasteiger partial charge in [-0.05, 0) is 97.7 Å². The number of esters is 2. The number of carbonyl (C=O) groups is 5. The third-order valence-electron chi connectivity index (χ3n) is 9.59. The first kappa shape index (κ1) is 29.3. The second-order valence-electron chi connectivity index (χ2n) is 12.3. The van der Waals surface area contributed by atoms with E-state index in [2.05, 4.69) is 12.1 Å². The number of Topliss-reactive ketones (excluding diaryl/α,β-unsaturated/α-hetero) is 1. The van der Waals surface area contributed by atoms with Crippen molar-refractivity contribution in [2.75, 3.05) is 11.5 Å². The molecule has 230 valence electrons. The van der Waals surface area contributed by atoms with Crippen LogP contribution >= 0.6 is 0 Å². The molecular formula is C38H31NO7. The van der Waals surface area contributed by atoms with Crippen LogP contribution < -0.4 is 9.64 Å². The Kier molecular flexibility index (Phi) is 7.56. The molecule has 5 unspecified atom stereocenters. The molecule has 5 atom stereocenters. The zero-order valence-electron chi connectivity index (χ0n) is 25.1. The molecule has 7 rings (SSSR count). The Labute approximate surface area is 265 Å². The van der Waals surface area contributed by atoms with E-state index in [-0.39, 0.29) is 58.3 Å². The Bertz CT molecular complexity index is 1850. The van der Waals surface area contributed by atoms with Crippen LogP contribution in [0.1, 0.15) is 61.0 Å². The molecular weight excluding hydrogens is 582 g/mol. The van der Waals surface area contributed by atoms with E-state index in [1.54, 1.807) is 24.3 Å². The van der Waals surface area contributed by atoms with Gasteiger partial charge in [-0.3, -0.25) is 19.3 Å². The largest absolute Gasteiger partial charge is 0.454 e. The molecule has 2 aliphatic carbocycles. The van der Waals surface area contributed by atoms with E-state index in [0.717, 1.165) is 18.4 Å². The molecule has 46 heavy (non-hydrogen) atoms. The van der Waals surface area contributed by atoms with E-state index >= 15 is 0 Å². The van der Waals surface area contributed by atoms with Gasteiger partial charge in [0.1, 0.15) is 5.75 Å². The van der Waals surface area contributed by atoms with Gasteiger partial charge in [0.25, 0.3) is 0 Å². The number of anilines is 1. The van der Waals surface area contributed by atoms with E-state index in [1.807, 2.05) is 37.3 Å². The Morgan fingerprint density at radius 3 is 2.15 bits per heavy atom. The third-order valence-corrected chi connectivity index (χ3v) is 9.59. The molecule has 0 spiro atoms. The van der Waals surface area contributed by atoms with Crippen molar-refractivity contribution in [3.63, 3.8) is 0 Å². The highest BCUT2D eigenvalue weighted by Crippen LogP contribution is 2.61. The van der Waals surface area contributed by atoms with Gasteiger partial charge in [-0.15, -0.1) is 0 Å². The average Bonchev–Trinajstić information content (AvgIpc) is 3.75. The number of ether oxygens (including phenoxy) is 2. The van der Waals surface area contributed by atoms with Crippen LogP contribution in [0.15, 0.2) is 103 Å². The average molecular weight is 614 g/mol. The molecule has 2 saturated carbocycles. The number of ketones is 1. The number of benzene rings is 4. The number of hydrogen-bond acceptors (Lipinski definition) is 7. The maximum Gasteiger partial charge on any atom is 0.343 e. The molecule has 2 amide bonds. The van der Waals surface area contributed by atoms with Crippen LogP contribution in [0.25, 0.3) is 0 Å². The number of rotatable bonds is 8. The number of imide groups is 1. The maximum atomic E-state index is 13.7. The zero-order chi connectivity index (χ0) is 31.9. The fraction of sp³-hybridized carbons (Fsp3) is 0.237. The number of fused-ring (bicyclic) bond motifs is 5. The molecule has 1 saturated heterocycles. The predicted octanol–water partition coefficient (Wildman–Crippen LogP) is 6.18. The second-order valence-corrected chi connectivity index (χ2v) is 12.3. The van der Waals surface area contributed by atoms with Crippen LogP contribution in [-0.2, 0) is 14.3 Å². The minimum Gasteiger partial charge on any atom is -0.454 e. The number of nitrogens with zero attached hydrogens (tertiary/aromatic N) is 1. The van der Waals surface area contributed by atoms with E-state index in [0.29, 0.717) is 11.3 Å². The van der Waals surface area contributed by atoms with Crippen molar-refractivity contribution in [1.29, 1.82) is 0 Å². The summed E-state index contributed by atoms with van der Waals surface area (Å²) in [6.07, 6.45) is 1.77. The summed E-state index contributed by atoms with van der Waals surface area (Å²) in [5.41, 5.74) is 3.38. The number of carbonyl (C=O) groups excluding carboxylic acids is 5. The first-order chi connectivity index (χ1) is 22.3. The summed E-state index contributed by atoms with van der Waals surface area (Å²) in [6.45, 7) is 1.41. The number of amides is 2. The third kappa shape index (κ3) is 5.30. The van der Waals surface area contributed by atoms with Gasteiger partial charge >= 0.3 is 11.9 Å². The number of aryl methyl sites for hydroxylation is 1. The molecule has 1 heterocycles. The van der Waals surface area contributed by atoms with E-state index in [9.17, 15) is 24.0 Å². The highest BCUT2D eigenvalue weighted by molar-refractivity contribution is 6.23. The van der Waals surface area contributed by atoms with Gasteiger partial charge < -0.3 is 9.47 Å². The monoisotopic (exact) mass is 613 g/mol. The Morgan fingerprint density at radius 2 is 1.41 bits per heavy atom. The van der Waals surface area contributed by atoms with Gasteiger partial charge in [-0.25, -0.2) is 9.59 Å². The molecule has 1 aliphatic heterocycles. The summed E-state index contributed by atoms with van der Waals surface area (Å²) < 4.78 is 10.7. The van der Waals surface area contributed by atoms with Crippen LogP contribution in [-0.4, -0.2) is 36.1 Å². The Hall–Kier alpha value is -5.37. The second kappa shape index (κ2) is 11.9. The summed E-state index contributed by atoms with van der Waals surface area (Å²) in [6, 6.07) is 29.4. The van der Waals surface area contributed by atoms with Crippen molar-refractivity contribution in [3.8, 4) is 5.75 Å². The summed E-state index contributed by atoms with van der Waals surface area (Å²) in [5, 5.41) is 0. The van der Waals surface area contributed by atoms with Crippen molar-refractivity contribution >= 4 is 35.2 Å². The van der Waals surface area contributed by atoms with Crippen molar-refractivity contribution in [2.24, 2.45) is 23.7 Å². The normalized spacial score (nSPS) is 22.9. The first-order valence-corrected chi connectivity index (χ1v) is 15.4. The predicted molar refractivity (Wildman–Crippen MR) is 169 cm³/mol. The fourth-order valence-corrected chi connectivity index (χ4v) is 7.43. The van der Waals surface area contributed by atoms with Gasteiger partial charge in [0.05, 0.1) is 28.7 Å². The molecule has 0 aromatic heterocycles. The zero-order valence-corrected chi connectivity index (χ0v) is 25.1. The lowest BCUT2D eigenvalue weighted by Crippen LogP contribution is -2.33. The van der Waals surface area contributed by atoms with Gasteiger partial charge in [-0.2, -0.15) is 0 Å². The first-order valence-electron chi connectivity index (χ1n) is 15.4. The quantitative estimate of drug-likeness (QED) is 0.101. The molecule has 8 nitrogen and oxygen atoms in total. The Morgan fingerprint density at radius 1 is 0.717 bits per heavy atom. The molecule has 2 bridgehead atoms. The van der Waals surface area contributed by atoms with Crippen molar-refractivity contribution in [2.45, 2.75) is 25.7 Å². The molecule has 0 radical (unpaired) electrons. The van der Waals surface area contributed by atoms with E-state index in [1.165, 1.54) is 46.9 Å². The van der Waals surface area contributed by atoms with E-state index < -0.39 is 24.3 Å². The molecule has 4 aromatic carbocycles. The topological polar surface area (TPSA) is 107 Å². The van der Waals surface area contributed by atoms with Crippen LogP contribution in [0, 0.1) is 30.6 Å². The van der Waals surface area contributed by atoms with Crippen LogP contribution in [0.5, 0.6) is 5.75 Å². The SMILES string of the molecule is Cc1ccc(C(=O)Oc2ccc(C(=O)COC(=O)c3cccc(N4C(=O)C5C6CC(c7ccccc7)C(C6)C5C4=O)c3)cc2)cc1. The molecule has 4 aromatic rings. The highest BCUT2D eigenvalue weighted by Gasteiger charge is 2.64. The molecule has 3 aliphatic rings. The lowest BCUT2D eigenvalue weighted by Gasteiger charge is -2.28. The van der Waals surface area contributed by atoms with Gasteiger partial charge in [0, 0.05) is 5.56 Å². The van der Waals surface area contributed by atoms with Crippen molar-refractivity contribution < 1.29 is 33.4 Å². The summed E-state index contributed by atoms with van der Waals surface area (Å²) in [5.74, 6) is -2.00. The van der Waals surface area contributed by atoms with Crippen LogP contribution in [0.2, 0.25) is 0 Å². The van der Waals surface area contributed by atoms with Crippen molar-refractivity contribution in [3.05, 3.63) is 131 Å². The minimum atomic E-state index is -0.748. The summed E-state index contributed by atoms with van der Waals surface area (Å²) in [4.78, 5) is 66.6. The minimum absolute atomic E-state index is 0.118. The fourth-order valence-electron chi connectivity index (χ4n) is 7.43.